The van der Waals surface area contributed by atoms with Gasteiger partial charge in [-0.25, -0.2) is 0 Å². The maximum Gasteiger partial charge on any atom is 0.269 e. The van der Waals surface area contributed by atoms with Crippen molar-refractivity contribution in [3.63, 3.8) is 0 Å². The molecular weight excluding hydrogens is 244 g/mol. The van der Waals surface area contributed by atoms with Crippen molar-refractivity contribution in [3.8, 4) is 11.5 Å². The molecule has 0 bridgehead atoms. The Morgan fingerprint density at radius 1 is 1.00 bits per heavy atom. The lowest BCUT2D eigenvalue weighted by atomic mass is 9.86. The molecule has 0 aromatic heterocycles. The van der Waals surface area contributed by atoms with Gasteiger partial charge in [0.1, 0.15) is 0 Å². The number of fused-ring (bicyclic) bond motifs is 1. The van der Waals surface area contributed by atoms with Crippen LogP contribution >= 0.6 is 0 Å². The van der Waals surface area contributed by atoms with E-state index < -0.39 is 9.76 Å². The highest BCUT2D eigenvalue weighted by molar-refractivity contribution is 6.47. The monoisotopic (exact) mass is 260 g/mol. The molecule has 2 radical (unpaired) electrons. The molecule has 2 rings (SSSR count). The number of phenolic OH excluding ortho intramolecular Hbond substituents is 2. The summed E-state index contributed by atoms with van der Waals surface area (Å²) in [6.45, 7) is 6.28. The zero-order valence-electron chi connectivity index (χ0n) is 10.7. The maximum absolute atomic E-state index is 10.0. The summed E-state index contributed by atoms with van der Waals surface area (Å²) in [6.07, 6.45) is 0. The van der Waals surface area contributed by atoms with E-state index in [1.807, 2.05) is 18.2 Å². The minimum Gasteiger partial charge on any atom is -0.504 e. The molecule has 0 saturated carbocycles. The Morgan fingerprint density at radius 2 is 1.67 bits per heavy atom. The van der Waals surface area contributed by atoms with Gasteiger partial charge in [0.05, 0.1) is 0 Å². The number of phenols is 2. The lowest BCUT2D eigenvalue weighted by molar-refractivity contribution is 0.410. The molecule has 0 atom stereocenters. The molecule has 0 saturated heterocycles. The summed E-state index contributed by atoms with van der Waals surface area (Å²) >= 11 is 0. The summed E-state index contributed by atoms with van der Waals surface area (Å²) in [4.78, 5) is 9.14. The quantitative estimate of drug-likeness (QED) is 0.541. The average Bonchev–Trinajstić information content (AvgIpc) is 2.32. The molecular formula is C14H16O3Si. The minimum absolute atomic E-state index is 0.0202. The first-order valence-corrected chi connectivity index (χ1v) is 6.68. The van der Waals surface area contributed by atoms with Crippen molar-refractivity contribution >= 4 is 25.7 Å². The van der Waals surface area contributed by atoms with Crippen LogP contribution in [0.15, 0.2) is 24.3 Å². The third-order valence-corrected chi connectivity index (χ3v) is 3.70. The molecule has 0 aliphatic carbocycles. The third kappa shape index (κ3) is 2.09. The molecule has 4 heteroatoms. The molecule has 18 heavy (non-hydrogen) atoms. The van der Waals surface area contributed by atoms with Gasteiger partial charge in [0, 0.05) is 10.6 Å². The normalized spacial score (nSPS) is 12.0. The van der Waals surface area contributed by atoms with Gasteiger partial charge in [0.2, 0.25) is 0 Å². The summed E-state index contributed by atoms with van der Waals surface area (Å²) in [5.41, 5.74) is 1.07. The van der Waals surface area contributed by atoms with Gasteiger partial charge >= 0.3 is 0 Å². The van der Waals surface area contributed by atoms with Gasteiger partial charge in [0.15, 0.2) is 11.5 Å². The highest BCUT2D eigenvalue weighted by Crippen LogP contribution is 2.34. The van der Waals surface area contributed by atoms with Gasteiger partial charge in [0.25, 0.3) is 9.76 Å². The summed E-state index contributed by atoms with van der Waals surface area (Å²) in [7, 11) is -0.535. The van der Waals surface area contributed by atoms with Crippen LogP contribution in [0.3, 0.4) is 0 Å². The van der Waals surface area contributed by atoms with Crippen molar-refractivity contribution in [2.75, 3.05) is 0 Å². The van der Waals surface area contributed by atoms with E-state index in [2.05, 4.69) is 20.8 Å². The predicted octanol–water partition coefficient (Wildman–Crippen LogP) is 1.79. The van der Waals surface area contributed by atoms with E-state index in [0.717, 1.165) is 10.9 Å². The van der Waals surface area contributed by atoms with Crippen LogP contribution in [0.5, 0.6) is 11.5 Å². The van der Waals surface area contributed by atoms with Crippen molar-refractivity contribution in [3.05, 3.63) is 29.8 Å². The highest BCUT2D eigenvalue weighted by Gasteiger charge is 2.17. The fourth-order valence-electron chi connectivity index (χ4n) is 1.92. The largest absolute Gasteiger partial charge is 0.504 e. The Kier molecular flexibility index (Phi) is 3.08. The molecule has 94 valence electrons. The fraction of sp³-hybridized carbons (Fsp3) is 0.286. The second-order valence-corrected chi connectivity index (χ2v) is 6.18. The summed E-state index contributed by atoms with van der Waals surface area (Å²) < 4.78 is 0. The SMILES string of the molecule is CC(C)(C)c1ccc2cc([Si]O)c(O)c(O)c2c1. The van der Waals surface area contributed by atoms with Crippen LogP contribution in [0.1, 0.15) is 26.3 Å². The molecule has 0 spiro atoms. The molecule has 0 aliphatic heterocycles. The maximum atomic E-state index is 10.0. The second kappa shape index (κ2) is 4.30. The van der Waals surface area contributed by atoms with Crippen molar-refractivity contribution in [2.45, 2.75) is 26.2 Å². The Labute approximate surface area is 109 Å². The molecule has 2 aromatic carbocycles. The van der Waals surface area contributed by atoms with Gasteiger partial charge in [-0.05, 0) is 28.5 Å². The lowest BCUT2D eigenvalue weighted by Gasteiger charge is -2.20. The van der Waals surface area contributed by atoms with Crippen LogP contribution in [-0.2, 0) is 5.41 Å². The summed E-state index contributed by atoms with van der Waals surface area (Å²) in [5.74, 6) is -0.385. The van der Waals surface area contributed by atoms with E-state index in [9.17, 15) is 10.2 Å². The van der Waals surface area contributed by atoms with Crippen LogP contribution in [0.25, 0.3) is 10.8 Å². The standard InChI is InChI=1S/C14H16O3Si/c1-14(2,3)9-5-4-8-6-11(18-17)13(16)12(15)10(8)7-9/h4-7,15-17H,1-3H3. The third-order valence-electron chi connectivity index (χ3n) is 3.07. The first-order valence-electron chi connectivity index (χ1n) is 5.74. The molecule has 0 heterocycles. The summed E-state index contributed by atoms with van der Waals surface area (Å²) in [6, 6.07) is 7.49. The number of aromatic hydroxyl groups is 2. The van der Waals surface area contributed by atoms with E-state index in [1.165, 1.54) is 0 Å². The topological polar surface area (TPSA) is 60.7 Å². The fourth-order valence-corrected chi connectivity index (χ4v) is 2.36. The summed E-state index contributed by atoms with van der Waals surface area (Å²) in [5, 5.41) is 21.6. The molecule has 0 unspecified atom stereocenters. The van der Waals surface area contributed by atoms with Gasteiger partial charge in [-0.1, -0.05) is 32.9 Å². The van der Waals surface area contributed by atoms with E-state index >= 15 is 0 Å². The van der Waals surface area contributed by atoms with Crippen LogP contribution in [-0.4, -0.2) is 24.8 Å². The average molecular weight is 260 g/mol. The van der Waals surface area contributed by atoms with Gasteiger partial charge < -0.3 is 15.0 Å². The van der Waals surface area contributed by atoms with E-state index in [0.29, 0.717) is 10.6 Å². The highest BCUT2D eigenvalue weighted by atomic mass is 28.2. The Balaban J connectivity index is 2.75. The van der Waals surface area contributed by atoms with Gasteiger partial charge in [-0.15, -0.1) is 0 Å². The van der Waals surface area contributed by atoms with Crippen molar-refractivity contribution in [2.24, 2.45) is 0 Å². The predicted molar refractivity (Wildman–Crippen MR) is 73.6 cm³/mol. The molecule has 2 aromatic rings. The van der Waals surface area contributed by atoms with Crippen LogP contribution in [0, 0.1) is 0 Å². The van der Waals surface area contributed by atoms with E-state index in [4.69, 9.17) is 4.80 Å². The molecule has 3 nitrogen and oxygen atoms in total. The van der Waals surface area contributed by atoms with Crippen LogP contribution in [0.2, 0.25) is 0 Å². The molecule has 0 aliphatic rings. The molecule has 0 fully saturated rings. The van der Waals surface area contributed by atoms with Crippen molar-refractivity contribution < 1.29 is 15.0 Å². The number of benzene rings is 2. The lowest BCUT2D eigenvalue weighted by Crippen LogP contribution is -2.14. The number of hydrogen-bond donors (Lipinski definition) is 3. The first-order chi connectivity index (χ1) is 8.34. The molecule has 3 N–H and O–H groups in total. The number of hydrogen-bond acceptors (Lipinski definition) is 3. The van der Waals surface area contributed by atoms with Gasteiger partial charge in [-0.2, -0.15) is 0 Å². The van der Waals surface area contributed by atoms with Crippen LogP contribution in [0.4, 0.5) is 0 Å². The number of rotatable bonds is 1. The minimum atomic E-state index is -0.535. The Hall–Kier alpha value is -1.52. The zero-order valence-corrected chi connectivity index (χ0v) is 11.7. The smallest absolute Gasteiger partial charge is 0.269 e. The van der Waals surface area contributed by atoms with Gasteiger partial charge in [-0.3, -0.25) is 0 Å². The van der Waals surface area contributed by atoms with E-state index in [-0.39, 0.29) is 16.9 Å². The zero-order chi connectivity index (χ0) is 13.5. The Bertz CT molecular complexity index is 600. The second-order valence-electron chi connectivity index (χ2n) is 5.42. The first kappa shape index (κ1) is 12.9. The van der Waals surface area contributed by atoms with Crippen LogP contribution < -0.4 is 5.19 Å². The van der Waals surface area contributed by atoms with E-state index in [1.54, 1.807) is 6.07 Å². The van der Waals surface area contributed by atoms with Crippen molar-refractivity contribution in [1.82, 2.24) is 0 Å². The Morgan fingerprint density at radius 3 is 2.22 bits per heavy atom. The molecule has 0 amide bonds. The van der Waals surface area contributed by atoms with Crippen molar-refractivity contribution in [1.29, 1.82) is 0 Å².